The van der Waals surface area contributed by atoms with Crippen molar-refractivity contribution in [3.05, 3.63) is 29.3 Å². The number of carbonyl (C=O) groups is 1. The molecule has 7 heteroatoms. The highest BCUT2D eigenvalue weighted by molar-refractivity contribution is 8.01. The molecule has 112 valence electrons. The van der Waals surface area contributed by atoms with Crippen LogP contribution in [-0.2, 0) is 4.79 Å². The van der Waals surface area contributed by atoms with Gasteiger partial charge in [0.05, 0.1) is 5.75 Å². The maximum Gasteiger partial charge on any atom is 0.230 e. The first-order valence-electron chi connectivity index (χ1n) is 6.66. The number of rotatable bonds is 6. The van der Waals surface area contributed by atoms with E-state index in [1.54, 1.807) is 0 Å². The predicted octanol–water partition coefficient (Wildman–Crippen LogP) is 3.13. The van der Waals surface area contributed by atoms with Crippen LogP contribution >= 0.6 is 23.1 Å². The van der Waals surface area contributed by atoms with Crippen LogP contribution < -0.4 is 10.6 Å². The van der Waals surface area contributed by atoms with Crippen LogP contribution in [-0.4, -0.2) is 28.4 Å². The number of hydrogen-bond acceptors (Lipinski definition) is 6. The van der Waals surface area contributed by atoms with Crippen molar-refractivity contribution in [1.82, 2.24) is 15.5 Å². The summed E-state index contributed by atoms with van der Waals surface area (Å²) < 4.78 is 0.786. The molecular formula is C14H18N4OS2. The molecule has 0 bridgehead atoms. The normalized spacial score (nSPS) is 10.4. The van der Waals surface area contributed by atoms with Crippen molar-refractivity contribution in [2.24, 2.45) is 0 Å². The van der Waals surface area contributed by atoms with Crippen LogP contribution in [0.4, 0.5) is 10.8 Å². The molecule has 1 amide bonds. The van der Waals surface area contributed by atoms with E-state index in [0.717, 1.165) is 15.2 Å². The van der Waals surface area contributed by atoms with E-state index >= 15 is 0 Å². The summed E-state index contributed by atoms with van der Waals surface area (Å²) in [6.07, 6.45) is 0. The van der Waals surface area contributed by atoms with Crippen molar-refractivity contribution in [3.63, 3.8) is 0 Å². The molecule has 0 radical (unpaired) electrons. The van der Waals surface area contributed by atoms with E-state index in [2.05, 4.69) is 40.7 Å². The van der Waals surface area contributed by atoms with Gasteiger partial charge in [-0.3, -0.25) is 4.79 Å². The summed E-state index contributed by atoms with van der Waals surface area (Å²) in [4.78, 5) is 11.4. The lowest BCUT2D eigenvalue weighted by Gasteiger charge is -2.08. The first-order valence-corrected chi connectivity index (χ1v) is 8.46. The van der Waals surface area contributed by atoms with Crippen molar-refractivity contribution in [2.45, 2.75) is 25.1 Å². The highest BCUT2D eigenvalue weighted by atomic mass is 32.2. The Balaban J connectivity index is 1.97. The second-order valence-corrected chi connectivity index (χ2v) is 6.69. The molecule has 1 aromatic heterocycles. The molecule has 0 fully saturated rings. The van der Waals surface area contributed by atoms with Gasteiger partial charge in [-0.1, -0.05) is 35.2 Å². The summed E-state index contributed by atoms with van der Waals surface area (Å²) in [6, 6.07) is 6.11. The molecular weight excluding hydrogens is 304 g/mol. The molecule has 0 aliphatic carbocycles. The van der Waals surface area contributed by atoms with E-state index in [4.69, 9.17) is 0 Å². The molecule has 0 aliphatic rings. The second kappa shape index (κ2) is 7.42. The standard InChI is InChI=1S/C14H18N4OS2/c1-4-15-12(19)8-20-14-18-17-13(21-14)16-11-7-5-6-9(2)10(11)3/h5-7H,4,8H2,1-3H3,(H,15,19)(H,16,17). The van der Waals surface area contributed by atoms with Gasteiger partial charge in [0.1, 0.15) is 0 Å². The predicted molar refractivity (Wildman–Crippen MR) is 88.5 cm³/mol. The summed E-state index contributed by atoms with van der Waals surface area (Å²) >= 11 is 2.85. The second-order valence-electron chi connectivity index (χ2n) is 4.49. The highest BCUT2D eigenvalue weighted by Crippen LogP contribution is 2.29. The minimum atomic E-state index is 0.0155. The van der Waals surface area contributed by atoms with Crippen LogP contribution in [0, 0.1) is 13.8 Å². The van der Waals surface area contributed by atoms with E-state index in [1.165, 1.54) is 34.2 Å². The van der Waals surface area contributed by atoms with Crippen LogP contribution in [0.3, 0.4) is 0 Å². The molecule has 0 aliphatic heterocycles. The van der Waals surface area contributed by atoms with Crippen molar-refractivity contribution < 1.29 is 4.79 Å². The fourth-order valence-electron chi connectivity index (χ4n) is 1.70. The average molecular weight is 322 g/mol. The van der Waals surface area contributed by atoms with Crippen molar-refractivity contribution >= 4 is 39.8 Å². The number of thioether (sulfide) groups is 1. The number of carbonyl (C=O) groups excluding carboxylic acids is 1. The monoisotopic (exact) mass is 322 g/mol. The lowest BCUT2D eigenvalue weighted by molar-refractivity contribution is -0.118. The summed E-state index contributed by atoms with van der Waals surface area (Å²) in [5, 5.41) is 15.0. The topological polar surface area (TPSA) is 66.9 Å². The van der Waals surface area contributed by atoms with E-state index < -0.39 is 0 Å². The molecule has 2 N–H and O–H groups in total. The van der Waals surface area contributed by atoms with Gasteiger partial charge in [0.2, 0.25) is 11.0 Å². The number of hydrogen-bond donors (Lipinski definition) is 2. The van der Waals surface area contributed by atoms with Gasteiger partial charge in [-0.05, 0) is 38.0 Å². The number of benzene rings is 1. The Morgan fingerprint density at radius 3 is 2.90 bits per heavy atom. The Bertz CT molecular complexity index is 627. The third-order valence-corrected chi connectivity index (χ3v) is 4.93. The molecule has 0 spiro atoms. The van der Waals surface area contributed by atoms with Crippen LogP contribution in [0.5, 0.6) is 0 Å². The molecule has 5 nitrogen and oxygen atoms in total. The van der Waals surface area contributed by atoms with Crippen LogP contribution in [0.1, 0.15) is 18.1 Å². The molecule has 0 saturated heterocycles. The Morgan fingerprint density at radius 1 is 1.33 bits per heavy atom. The van der Waals surface area contributed by atoms with Crippen molar-refractivity contribution in [3.8, 4) is 0 Å². The lowest BCUT2D eigenvalue weighted by Crippen LogP contribution is -2.24. The number of nitrogens with one attached hydrogen (secondary N) is 2. The molecule has 0 atom stereocenters. The van der Waals surface area contributed by atoms with Gasteiger partial charge in [0, 0.05) is 12.2 Å². The molecule has 0 unspecified atom stereocenters. The van der Waals surface area contributed by atoms with Gasteiger partial charge in [-0.2, -0.15) is 0 Å². The summed E-state index contributed by atoms with van der Waals surface area (Å²) in [7, 11) is 0. The van der Waals surface area contributed by atoms with Crippen LogP contribution in [0.25, 0.3) is 0 Å². The summed E-state index contributed by atoms with van der Waals surface area (Å²) in [5.41, 5.74) is 3.46. The average Bonchev–Trinajstić information content (AvgIpc) is 2.90. The fourth-order valence-corrected chi connectivity index (χ4v) is 3.29. The summed E-state index contributed by atoms with van der Waals surface area (Å²) in [5.74, 6) is 0.383. The van der Waals surface area contributed by atoms with Gasteiger partial charge in [-0.25, -0.2) is 0 Å². The maximum absolute atomic E-state index is 11.4. The Labute approximate surface area is 132 Å². The van der Waals surface area contributed by atoms with Crippen LogP contribution in [0.15, 0.2) is 22.5 Å². The number of nitrogens with zero attached hydrogens (tertiary/aromatic N) is 2. The molecule has 2 rings (SSSR count). The zero-order valence-corrected chi connectivity index (χ0v) is 13.9. The Kier molecular flexibility index (Phi) is 5.58. The Hall–Kier alpha value is -1.60. The van der Waals surface area contributed by atoms with Gasteiger partial charge >= 0.3 is 0 Å². The molecule has 21 heavy (non-hydrogen) atoms. The summed E-state index contributed by atoms with van der Waals surface area (Å²) in [6.45, 7) is 6.70. The van der Waals surface area contributed by atoms with E-state index in [1.807, 2.05) is 19.1 Å². The van der Waals surface area contributed by atoms with Crippen molar-refractivity contribution in [2.75, 3.05) is 17.6 Å². The fraction of sp³-hybridized carbons (Fsp3) is 0.357. The first kappa shape index (κ1) is 15.8. The van der Waals surface area contributed by atoms with Crippen molar-refractivity contribution in [1.29, 1.82) is 0 Å². The Morgan fingerprint density at radius 2 is 2.14 bits per heavy atom. The van der Waals surface area contributed by atoms with Gasteiger partial charge < -0.3 is 10.6 Å². The number of anilines is 2. The molecule has 2 aromatic rings. The van der Waals surface area contributed by atoms with Gasteiger partial charge in [-0.15, -0.1) is 10.2 Å². The number of aryl methyl sites for hydroxylation is 1. The minimum absolute atomic E-state index is 0.0155. The molecule has 1 aromatic carbocycles. The SMILES string of the molecule is CCNC(=O)CSc1nnc(Nc2cccc(C)c2C)s1. The third-order valence-electron chi connectivity index (χ3n) is 2.95. The largest absolute Gasteiger partial charge is 0.356 e. The first-order chi connectivity index (χ1) is 10.1. The smallest absolute Gasteiger partial charge is 0.230 e. The zero-order valence-electron chi connectivity index (χ0n) is 12.3. The molecule has 0 saturated carbocycles. The maximum atomic E-state index is 11.4. The lowest BCUT2D eigenvalue weighted by atomic mass is 10.1. The quantitative estimate of drug-likeness (QED) is 0.800. The minimum Gasteiger partial charge on any atom is -0.356 e. The van der Waals surface area contributed by atoms with Gasteiger partial charge in [0.25, 0.3) is 0 Å². The van der Waals surface area contributed by atoms with E-state index in [-0.39, 0.29) is 5.91 Å². The zero-order chi connectivity index (χ0) is 15.2. The number of aromatic nitrogens is 2. The van der Waals surface area contributed by atoms with E-state index in [0.29, 0.717) is 12.3 Å². The van der Waals surface area contributed by atoms with Gasteiger partial charge in [0.15, 0.2) is 4.34 Å². The number of amides is 1. The molecule has 1 heterocycles. The van der Waals surface area contributed by atoms with Crippen LogP contribution in [0.2, 0.25) is 0 Å². The highest BCUT2D eigenvalue weighted by Gasteiger charge is 2.09. The third kappa shape index (κ3) is 4.44. The van der Waals surface area contributed by atoms with E-state index in [9.17, 15) is 4.79 Å².